The van der Waals surface area contributed by atoms with Crippen molar-refractivity contribution in [3.05, 3.63) is 83.4 Å². The Balaban J connectivity index is 1.41. The zero-order valence-electron chi connectivity index (χ0n) is 14.8. The summed E-state index contributed by atoms with van der Waals surface area (Å²) >= 11 is 0. The van der Waals surface area contributed by atoms with Crippen LogP contribution in [0.3, 0.4) is 0 Å². The number of benzene rings is 1. The Kier molecular flexibility index (Phi) is 4.61. The minimum absolute atomic E-state index is 0.332. The molecule has 3 heterocycles. The maximum Gasteiger partial charge on any atom is 0.170 e. The van der Waals surface area contributed by atoms with Crippen LogP contribution in [0.2, 0.25) is 0 Å². The van der Waals surface area contributed by atoms with Gasteiger partial charge in [0.15, 0.2) is 5.76 Å². The van der Waals surface area contributed by atoms with Gasteiger partial charge in [-0.2, -0.15) is 0 Å². The zero-order valence-corrected chi connectivity index (χ0v) is 14.8. The van der Waals surface area contributed by atoms with Crippen LogP contribution in [0.15, 0.2) is 69.8 Å². The number of pyridine rings is 1. The third-order valence-corrected chi connectivity index (χ3v) is 4.42. The first-order valence-corrected chi connectivity index (χ1v) is 8.75. The van der Waals surface area contributed by atoms with Crippen molar-refractivity contribution < 1.29 is 8.94 Å². The number of hydrogen-bond acceptors (Lipinski definition) is 6. The molecule has 0 spiro atoms. The van der Waals surface area contributed by atoms with E-state index < -0.39 is 0 Å². The topological polar surface area (TPSA) is 104 Å². The Morgan fingerprint density at radius 2 is 1.70 bits per heavy atom. The molecule has 0 amide bonds. The fourth-order valence-electron chi connectivity index (χ4n) is 2.98. The van der Waals surface area contributed by atoms with E-state index in [1.165, 1.54) is 11.1 Å². The number of hydrogen-bond donors (Lipinski definition) is 2. The number of aromatic nitrogens is 2. The molecule has 27 heavy (non-hydrogen) atoms. The van der Waals surface area contributed by atoms with E-state index in [0.717, 1.165) is 24.3 Å². The van der Waals surface area contributed by atoms with E-state index in [1.807, 2.05) is 18.2 Å². The van der Waals surface area contributed by atoms with Crippen molar-refractivity contribution in [1.82, 2.24) is 10.1 Å². The predicted octanol–water partition coefficient (Wildman–Crippen LogP) is 3.87. The molecule has 4 rings (SSSR count). The number of anilines is 2. The summed E-state index contributed by atoms with van der Waals surface area (Å²) < 4.78 is 10.8. The van der Waals surface area contributed by atoms with Crippen LogP contribution in [0.1, 0.15) is 22.6 Å². The van der Waals surface area contributed by atoms with Gasteiger partial charge in [-0.25, -0.2) is 4.98 Å². The lowest BCUT2D eigenvalue weighted by atomic mass is 10.0. The van der Waals surface area contributed by atoms with Gasteiger partial charge in [0.2, 0.25) is 0 Å². The molecule has 136 valence electrons. The van der Waals surface area contributed by atoms with Crippen LogP contribution < -0.4 is 11.5 Å². The molecule has 3 aromatic heterocycles. The molecule has 0 unspecified atom stereocenters. The van der Waals surface area contributed by atoms with Gasteiger partial charge in [-0.15, -0.1) is 0 Å². The first kappa shape index (κ1) is 16.9. The minimum Gasteiger partial charge on any atom is -0.469 e. The highest BCUT2D eigenvalue weighted by atomic mass is 16.5. The van der Waals surface area contributed by atoms with E-state index in [1.54, 1.807) is 18.4 Å². The molecule has 0 radical (unpaired) electrons. The van der Waals surface area contributed by atoms with Crippen molar-refractivity contribution in [2.45, 2.75) is 19.3 Å². The predicted molar refractivity (Wildman–Crippen MR) is 104 cm³/mol. The molecule has 0 fully saturated rings. The lowest BCUT2D eigenvalue weighted by Crippen LogP contribution is -1.97. The molecule has 0 aliphatic carbocycles. The number of nitrogen functional groups attached to an aromatic ring is 2. The Morgan fingerprint density at radius 3 is 2.44 bits per heavy atom. The molecule has 4 aromatic rings. The van der Waals surface area contributed by atoms with E-state index in [-0.39, 0.29) is 0 Å². The zero-order chi connectivity index (χ0) is 18.6. The van der Waals surface area contributed by atoms with E-state index in [4.69, 9.17) is 20.4 Å². The van der Waals surface area contributed by atoms with Gasteiger partial charge in [-0.3, -0.25) is 0 Å². The molecular formula is C21H20N4O2. The lowest BCUT2D eigenvalue weighted by molar-refractivity contribution is 0.425. The Hall–Kier alpha value is -3.54. The largest absolute Gasteiger partial charge is 0.469 e. The van der Waals surface area contributed by atoms with Gasteiger partial charge in [0, 0.05) is 18.9 Å². The van der Waals surface area contributed by atoms with E-state index >= 15 is 0 Å². The van der Waals surface area contributed by atoms with Crippen molar-refractivity contribution in [2.24, 2.45) is 0 Å². The molecule has 6 heteroatoms. The molecular weight excluding hydrogens is 340 g/mol. The van der Waals surface area contributed by atoms with Gasteiger partial charge in [0.1, 0.15) is 17.4 Å². The third kappa shape index (κ3) is 4.00. The van der Waals surface area contributed by atoms with Crippen LogP contribution in [0, 0.1) is 0 Å². The Bertz CT molecular complexity index is 1020. The monoisotopic (exact) mass is 360 g/mol. The van der Waals surface area contributed by atoms with Crippen LogP contribution >= 0.6 is 0 Å². The summed E-state index contributed by atoms with van der Waals surface area (Å²) in [7, 11) is 0. The fourth-order valence-corrected chi connectivity index (χ4v) is 2.98. The van der Waals surface area contributed by atoms with Crippen molar-refractivity contribution in [2.75, 3.05) is 11.5 Å². The molecule has 4 N–H and O–H groups in total. The molecule has 0 aliphatic heterocycles. The van der Waals surface area contributed by atoms with E-state index in [0.29, 0.717) is 29.4 Å². The summed E-state index contributed by atoms with van der Waals surface area (Å²) in [5.41, 5.74) is 15.5. The first-order chi connectivity index (χ1) is 13.2. The second kappa shape index (κ2) is 7.37. The second-order valence-corrected chi connectivity index (χ2v) is 6.42. The van der Waals surface area contributed by atoms with Crippen LogP contribution in [0.5, 0.6) is 0 Å². The smallest absolute Gasteiger partial charge is 0.170 e. The maximum absolute atomic E-state index is 5.91. The van der Waals surface area contributed by atoms with Gasteiger partial charge < -0.3 is 20.4 Å². The standard InChI is InChI=1S/C21H20N4O2/c22-20-10-9-18(21(23)24-20)19-13-16(25-27-19)12-15-5-3-14(4-6-15)7-8-17-2-1-11-26-17/h1-6,9-11,13H,7-8,12H2,(H4,22,23,24). The molecule has 0 atom stereocenters. The highest BCUT2D eigenvalue weighted by Crippen LogP contribution is 2.26. The molecule has 6 nitrogen and oxygen atoms in total. The number of furan rings is 1. The van der Waals surface area contributed by atoms with Gasteiger partial charge in [0.25, 0.3) is 0 Å². The van der Waals surface area contributed by atoms with Crippen LogP contribution in [-0.2, 0) is 19.3 Å². The maximum atomic E-state index is 5.91. The summed E-state index contributed by atoms with van der Waals surface area (Å²) in [6.45, 7) is 0. The molecule has 0 saturated heterocycles. The number of nitrogens with two attached hydrogens (primary N) is 2. The van der Waals surface area contributed by atoms with Crippen LogP contribution in [-0.4, -0.2) is 10.1 Å². The van der Waals surface area contributed by atoms with Gasteiger partial charge in [0.05, 0.1) is 17.5 Å². The summed E-state index contributed by atoms with van der Waals surface area (Å²) in [6, 6.07) is 17.8. The average Bonchev–Trinajstić information content (AvgIpc) is 3.33. The fraction of sp³-hybridized carbons (Fsp3) is 0.143. The molecule has 0 aliphatic rings. The lowest BCUT2D eigenvalue weighted by Gasteiger charge is -2.02. The molecule has 0 bridgehead atoms. The SMILES string of the molecule is Nc1ccc(-c2cc(Cc3ccc(CCc4ccco4)cc3)no2)c(N)n1. The van der Waals surface area contributed by atoms with Gasteiger partial charge >= 0.3 is 0 Å². The van der Waals surface area contributed by atoms with Crippen molar-refractivity contribution in [3.63, 3.8) is 0 Å². The summed E-state index contributed by atoms with van der Waals surface area (Å²) in [6.07, 6.45) is 4.24. The number of aryl methyl sites for hydroxylation is 2. The quantitative estimate of drug-likeness (QED) is 0.541. The van der Waals surface area contributed by atoms with E-state index in [9.17, 15) is 0 Å². The van der Waals surface area contributed by atoms with Crippen molar-refractivity contribution >= 4 is 11.6 Å². The van der Waals surface area contributed by atoms with Gasteiger partial charge in [-0.05, 0) is 41.8 Å². The number of rotatable bonds is 6. The van der Waals surface area contributed by atoms with Crippen molar-refractivity contribution in [1.29, 1.82) is 0 Å². The first-order valence-electron chi connectivity index (χ1n) is 8.75. The van der Waals surface area contributed by atoms with Crippen molar-refractivity contribution in [3.8, 4) is 11.3 Å². The average molecular weight is 360 g/mol. The molecule has 0 saturated carbocycles. The minimum atomic E-state index is 0.332. The molecule has 1 aromatic carbocycles. The Morgan fingerprint density at radius 1 is 0.889 bits per heavy atom. The Labute approximate surface area is 156 Å². The normalized spacial score (nSPS) is 11.0. The second-order valence-electron chi connectivity index (χ2n) is 6.42. The summed E-state index contributed by atoms with van der Waals surface area (Å²) in [5, 5.41) is 4.14. The highest BCUT2D eigenvalue weighted by Gasteiger charge is 2.11. The van der Waals surface area contributed by atoms with Crippen LogP contribution in [0.4, 0.5) is 11.6 Å². The summed E-state index contributed by atoms with van der Waals surface area (Å²) in [4.78, 5) is 4.05. The van der Waals surface area contributed by atoms with E-state index in [2.05, 4.69) is 34.4 Å². The highest BCUT2D eigenvalue weighted by molar-refractivity contribution is 5.71. The van der Waals surface area contributed by atoms with Gasteiger partial charge in [-0.1, -0.05) is 29.4 Å². The van der Waals surface area contributed by atoms with Crippen LogP contribution in [0.25, 0.3) is 11.3 Å². The summed E-state index contributed by atoms with van der Waals surface area (Å²) in [5.74, 6) is 2.30. The number of nitrogens with zero attached hydrogens (tertiary/aromatic N) is 2. The third-order valence-electron chi connectivity index (χ3n) is 4.42.